The molecular weight excluding hydrogens is 360 g/mol. The molecule has 7 rings (SSSR count). The van der Waals surface area contributed by atoms with Gasteiger partial charge in [-0.3, -0.25) is 0 Å². The van der Waals surface area contributed by atoms with E-state index in [1.165, 1.54) is 68.8 Å². The molecule has 3 aliphatic rings. The molecule has 0 aromatic heterocycles. The van der Waals surface area contributed by atoms with Crippen molar-refractivity contribution >= 4 is 45.8 Å². The smallest absolute Gasteiger partial charge is 0.0102 e. The van der Waals surface area contributed by atoms with Gasteiger partial charge in [0.25, 0.3) is 0 Å². The summed E-state index contributed by atoms with van der Waals surface area (Å²) in [4.78, 5) is 0. The molecule has 0 N–H and O–H groups in total. The second kappa shape index (κ2) is 7.15. The van der Waals surface area contributed by atoms with Crippen LogP contribution in [0.15, 0.2) is 72.8 Å². The third-order valence-corrected chi connectivity index (χ3v) is 6.65. The van der Waals surface area contributed by atoms with E-state index in [2.05, 4.69) is 97.1 Å². The lowest BCUT2D eigenvalue weighted by Gasteiger charge is -2.18. The zero-order chi connectivity index (χ0) is 19.9. The normalized spacial score (nSPS) is 15.1. The fourth-order valence-electron chi connectivity index (χ4n) is 5.10. The van der Waals surface area contributed by atoms with Crippen molar-refractivity contribution in [2.24, 2.45) is 0 Å². The van der Waals surface area contributed by atoms with Crippen molar-refractivity contribution < 1.29 is 0 Å². The molecule has 0 fully saturated rings. The summed E-state index contributed by atoms with van der Waals surface area (Å²) in [6.45, 7) is 0. The third kappa shape index (κ3) is 2.92. The molecule has 30 heavy (non-hydrogen) atoms. The Kier molecular flexibility index (Phi) is 4.16. The van der Waals surface area contributed by atoms with Crippen LogP contribution in [0.5, 0.6) is 0 Å². The molecule has 0 radical (unpaired) electrons. The zero-order valence-corrected chi connectivity index (χ0v) is 17.1. The van der Waals surface area contributed by atoms with E-state index in [0.29, 0.717) is 0 Å². The molecule has 0 nitrogen and oxygen atoms in total. The highest BCUT2D eigenvalue weighted by Crippen LogP contribution is 2.33. The van der Waals surface area contributed by atoms with Gasteiger partial charge in [0, 0.05) is 0 Å². The maximum atomic E-state index is 2.35. The van der Waals surface area contributed by atoms with Gasteiger partial charge in [-0.1, -0.05) is 85.0 Å². The van der Waals surface area contributed by atoms with Crippen molar-refractivity contribution in [3.63, 3.8) is 0 Å². The topological polar surface area (TPSA) is 0 Å². The maximum Gasteiger partial charge on any atom is -0.0102 e. The number of hydrogen-bond donors (Lipinski definition) is 0. The van der Waals surface area contributed by atoms with E-state index in [1.807, 2.05) is 0 Å². The second-order valence-corrected chi connectivity index (χ2v) is 8.45. The Morgan fingerprint density at radius 1 is 0.567 bits per heavy atom. The van der Waals surface area contributed by atoms with Gasteiger partial charge in [0.15, 0.2) is 0 Å². The number of allylic oxidation sites excluding steroid dienone is 2. The Labute approximate surface area is 177 Å². The molecule has 0 saturated heterocycles. The van der Waals surface area contributed by atoms with Crippen LogP contribution >= 0.6 is 0 Å². The van der Waals surface area contributed by atoms with Crippen LogP contribution in [0, 0.1) is 0 Å². The Morgan fingerprint density at radius 2 is 1.27 bits per heavy atom. The van der Waals surface area contributed by atoms with E-state index in [-0.39, 0.29) is 0 Å². The number of aryl methyl sites for hydroxylation is 2. The van der Waals surface area contributed by atoms with Gasteiger partial charge in [-0.2, -0.15) is 0 Å². The first-order valence-corrected chi connectivity index (χ1v) is 11.0. The lowest BCUT2D eigenvalue weighted by molar-refractivity contribution is 0.690. The molecule has 4 aromatic rings. The molecule has 0 bridgehead atoms. The van der Waals surface area contributed by atoms with E-state index in [1.54, 1.807) is 11.1 Å². The van der Waals surface area contributed by atoms with Crippen LogP contribution in [-0.2, 0) is 12.8 Å². The summed E-state index contributed by atoms with van der Waals surface area (Å²) >= 11 is 0. The van der Waals surface area contributed by atoms with Crippen LogP contribution in [0.1, 0.15) is 35.1 Å². The molecule has 3 aliphatic carbocycles. The number of rotatable bonds is 0. The van der Waals surface area contributed by atoms with Gasteiger partial charge < -0.3 is 0 Å². The lowest BCUT2D eigenvalue weighted by atomic mass is 9.86. The van der Waals surface area contributed by atoms with Crippen LogP contribution < -0.4 is 10.4 Å². The van der Waals surface area contributed by atoms with Crippen LogP contribution in [0.3, 0.4) is 0 Å². The van der Waals surface area contributed by atoms with E-state index in [9.17, 15) is 0 Å². The maximum absolute atomic E-state index is 2.35. The molecule has 144 valence electrons. The summed E-state index contributed by atoms with van der Waals surface area (Å²) in [5.74, 6) is 0. The fourth-order valence-corrected chi connectivity index (χ4v) is 5.10. The molecule has 0 amide bonds. The lowest BCUT2D eigenvalue weighted by Crippen LogP contribution is -2.12. The zero-order valence-electron chi connectivity index (χ0n) is 17.1. The Hall–Kier alpha value is -3.38. The highest BCUT2D eigenvalue weighted by atomic mass is 14.2. The first-order chi connectivity index (χ1) is 14.9. The van der Waals surface area contributed by atoms with Gasteiger partial charge in [0.1, 0.15) is 0 Å². The number of fused-ring (bicyclic) bond motifs is 7. The van der Waals surface area contributed by atoms with Crippen molar-refractivity contribution in [1.29, 1.82) is 0 Å². The third-order valence-electron chi connectivity index (χ3n) is 6.65. The van der Waals surface area contributed by atoms with Crippen molar-refractivity contribution in [2.75, 3.05) is 0 Å². The Bertz CT molecular complexity index is 1430. The summed E-state index contributed by atoms with van der Waals surface area (Å²) in [5.41, 5.74) is 5.86. The molecule has 0 heteroatoms. The van der Waals surface area contributed by atoms with Crippen molar-refractivity contribution in [3.8, 4) is 0 Å². The Morgan fingerprint density at radius 3 is 2.07 bits per heavy atom. The van der Waals surface area contributed by atoms with Gasteiger partial charge in [0.2, 0.25) is 0 Å². The monoisotopic (exact) mass is 384 g/mol. The van der Waals surface area contributed by atoms with E-state index in [4.69, 9.17) is 0 Å². The van der Waals surface area contributed by atoms with Crippen LogP contribution in [-0.4, -0.2) is 0 Å². The van der Waals surface area contributed by atoms with Crippen LogP contribution in [0.2, 0.25) is 0 Å². The van der Waals surface area contributed by atoms with Crippen molar-refractivity contribution in [3.05, 3.63) is 106 Å². The summed E-state index contributed by atoms with van der Waals surface area (Å²) in [6.07, 6.45) is 18.0. The average molecular weight is 385 g/mol. The van der Waals surface area contributed by atoms with Crippen LogP contribution in [0.4, 0.5) is 0 Å². The molecule has 0 heterocycles. The molecule has 0 aliphatic heterocycles. The molecule has 0 unspecified atom stereocenters. The highest BCUT2D eigenvalue weighted by Gasteiger charge is 2.13. The minimum Gasteiger partial charge on any atom is -0.0616 e. The summed E-state index contributed by atoms with van der Waals surface area (Å²) in [7, 11) is 0. The Balaban J connectivity index is 0.000000126. The predicted octanol–water partition coefficient (Wildman–Crippen LogP) is 6.17. The first kappa shape index (κ1) is 17.5. The summed E-state index contributed by atoms with van der Waals surface area (Å²) in [5, 5.41) is 8.33. The minimum atomic E-state index is 1.25. The number of hydrogen-bond acceptors (Lipinski definition) is 0. The minimum absolute atomic E-state index is 1.25. The van der Waals surface area contributed by atoms with Gasteiger partial charge in [-0.25, -0.2) is 0 Å². The fraction of sp³-hybridized carbons (Fsp3) is 0.133. The van der Waals surface area contributed by atoms with Gasteiger partial charge >= 0.3 is 0 Å². The second-order valence-electron chi connectivity index (χ2n) is 8.45. The average Bonchev–Trinajstić information content (AvgIpc) is 3.46. The van der Waals surface area contributed by atoms with Crippen molar-refractivity contribution in [2.45, 2.75) is 25.7 Å². The molecule has 4 aromatic carbocycles. The number of benzene rings is 4. The van der Waals surface area contributed by atoms with Crippen molar-refractivity contribution in [1.82, 2.24) is 0 Å². The molecule has 0 atom stereocenters. The SMILES string of the molecule is C1=Cc2cc3c(cc2=C1)C=CC=3.c1ccc2c(c1)ccc1c3c(ccc12)CCCC3. The van der Waals surface area contributed by atoms with Gasteiger partial charge in [0.05, 0.1) is 0 Å². The summed E-state index contributed by atoms with van der Waals surface area (Å²) in [6, 6.07) is 22.4. The van der Waals surface area contributed by atoms with Crippen LogP contribution in [0.25, 0.3) is 45.8 Å². The highest BCUT2D eigenvalue weighted by molar-refractivity contribution is 6.08. The van der Waals surface area contributed by atoms with E-state index in [0.717, 1.165) is 0 Å². The first-order valence-electron chi connectivity index (χ1n) is 11.0. The summed E-state index contributed by atoms with van der Waals surface area (Å²) < 4.78 is 0. The molecular formula is C30H24. The van der Waals surface area contributed by atoms with E-state index < -0.39 is 0 Å². The largest absolute Gasteiger partial charge is 0.0616 e. The standard InChI is InChI=1S/C18H16.C12H8/c1-3-7-15-13(5-1)9-11-18-16-8-4-2-6-14(16)10-12-17(15)18;1-3-9-7-11-5-2-6-12(11)8-10(9)4-1/h1,3,5,7,9-12H,2,4,6,8H2;1-8H. The van der Waals surface area contributed by atoms with E-state index >= 15 is 0 Å². The quantitative estimate of drug-likeness (QED) is 0.318. The molecule has 0 spiro atoms. The van der Waals surface area contributed by atoms with Gasteiger partial charge in [-0.15, -0.1) is 0 Å². The molecule has 0 saturated carbocycles. The predicted molar refractivity (Wildman–Crippen MR) is 131 cm³/mol. The van der Waals surface area contributed by atoms with Gasteiger partial charge in [-0.05, 0) is 92.1 Å².